The highest BCUT2D eigenvalue weighted by Crippen LogP contribution is 2.38. The van der Waals surface area contributed by atoms with Crippen molar-refractivity contribution in [2.24, 2.45) is 0 Å². The van der Waals surface area contributed by atoms with Crippen LogP contribution in [0.3, 0.4) is 0 Å². The lowest BCUT2D eigenvalue weighted by Crippen LogP contribution is -2.47. The predicted molar refractivity (Wildman–Crippen MR) is 108 cm³/mol. The van der Waals surface area contributed by atoms with E-state index in [9.17, 15) is 13.2 Å². The molecule has 3 atom stereocenters. The predicted octanol–water partition coefficient (Wildman–Crippen LogP) is 3.54. The normalized spacial score (nSPS) is 24.2. The van der Waals surface area contributed by atoms with Crippen LogP contribution >= 0.6 is 0 Å². The fraction of sp³-hybridized carbons (Fsp3) is 0.429. The number of benzene rings is 2. The van der Waals surface area contributed by atoms with E-state index in [1.807, 2.05) is 24.3 Å². The van der Waals surface area contributed by atoms with Gasteiger partial charge in [0.25, 0.3) is 0 Å². The summed E-state index contributed by atoms with van der Waals surface area (Å²) in [4.78, 5) is 2.12. The first-order chi connectivity index (χ1) is 14.9. The quantitative estimate of drug-likeness (QED) is 0.679. The van der Waals surface area contributed by atoms with Crippen molar-refractivity contribution in [2.75, 3.05) is 32.1 Å². The minimum atomic E-state index is -4.67. The summed E-state index contributed by atoms with van der Waals surface area (Å²) in [6.07, 6.45) is -3.58. The van der Waals surface area contributed by atoms with Gasteiger partial charge >= 0.3 is 6.30 Å². The molecular weight excluding hydrogens is 411 g/mol. The van der Waals surface area contributed by atoms with Crippen molar-refractivity contribution in [3.63, 3.8) is 0 Å². The third-order valence-electron chi connectivity index (χ3n) is 5.98. The van der Waals surface area contributed by atoms with Gasteiger partial charge in [-0.05, 0) is 24.6 Å². The Bertz CT molecular complexity index is 1090. The highest BCUT2D eigenvalue weighted by molar-refractivity contribution is 5.87. The van der Waals surface area contributed by atoms with Gasteiger partial charge in [0, 0.05) is 25.8 Å². The third-order valence-corrected chi connectivity index (χ3v) is 5.98. The first kappa shape index (κ1) is 20.1. The molecule has 1 N–H and O–H groups in total. The largest absolute Gasteiger partial charge is 0.521 e. The Hall–Kier alpha value is -2.85. The maximum atomic E-state index is 13.1. The molecule has 5 rings (SSSR count). The smallest absolute Gasteiger partial charge is 0.491 e. The second-order valence-electron chi connectivity index (χ2n) is 7.81. The maximum absolute atomic E-state index is 13.1. The zero-order chi connectivity index (χ0) is 21.6. The van der Waals surface area contributed by atoms with Gasteiger partial charge < -0.3 is 14.8 Å². The van der Waals surface area contributed by atoms with E-state index < -0.39 is 6.30 Å². The lowest BCUT2D eigenvalue weighted by Gasteiger charge is -2.39. The Morgan fingerprint density at radius 1 is 1.13 bits per heavy atom. The molecule has 0 aliphatic carbocycles. The van der Waals surface area contributed by atoms with Crippen LogP contribution < -0.4 is 10.1 Å². The Morgan fingerprint density at radius 3 is 2.74 bits per heavy atom. The van der Waals surface area contributed by atoms with Gasteiger partial charge in [0.15, 0.2) is 0 Å². The van der Waals surface area contributed by atoms with Crippen LogP contribution in [0, 0.1) is 0 Å². The summed E-state index contributed by atoms with van der Waals surface area (Å²) in [5.74, 6) is 0.768. The van der Waals surface area contributed by atoms with E-state index in [1.54, 1.807) is 19.2 Å². The number of ether oxygens (including phenoxy) is 2. The van der Waals surface area contributed by atoms with Crippen molar-refractivity contribution in [2.45, 2.75) is 30.9 Å². The molecule has 1 aromatic heterocycles. The molecule has 0 bridgehead atoms. The SMILES string of the molecule is CO[C@H]1CCN([C@H]2COc3ccccc3[C@@H]2Nc2cccc3nn(C(F)(F)F)nc23)C1. The molecule has 1 saturated heterocycles. The van der Waals surface area contributed by atoms with E-state index in [4.69, 9.17) is 9.47 Å². The van der Waals surface area contributed by atoms with Crippen LogP contribution in [0.15, 0.2) is 42.5 Å². The number of rotatable bonds is 4. The van der Waals surface area contributed by atoms with Gasteiger partial charge in [-0.1, -0.05) is 29.1 Å². The molecule has 3 aromatic rings. The van der Waals surface area contributed by atoms with Crippen LogP contribution in [0.25, 0.3) is 11.0 Å². The van der Waals surface area contributed by atoms with E-state index >= 15 is 0 Å². The minimum Gasteiger partial charge on any atom is -0.491 e. The van der Waals surface area contributed by atoms with Gasteiger partial charge in [0.2, 0.25) is 0 Å². The van der Waals surface area contributed by atoms with Crippen LogP contribution in [0.4, 0.5) is 18.9 Å². The molecule has 164 valence electrons. The van der Waals surface area contributed by atoms with Crippen molar-refractivity contribution in [3.8, 4) is 5.75 Å². The van der Waals surface area contributed by atoms with E-state index in [0.717, 1.165) is 30.8 Å². The topological polar surface area (TPSA) is 64.4 Å². The van der Waals surface area contributed by atoms with Gasteiger partial charge in [-0.25, -0.2) is 0 Å². The lowest BCUT2D eigenvalue weighted by molar-refractivity contribution is -0.220. The molecule has 0 spiro atoms. The molecule has 2 aliphatic heterocycles. The molecule has 2 aromatic carbocycles. The van der Waals surface area contributed by atoms with Crippen LogP contribution in [-0.4, -0.2) is 58.8 Å². The molecule has 10 heteroatoms. The van der Waals surface area contributed by atoms with Crippen LogP contribution in [0.1, 0.15) is 18.0 Å². The highest BCUT2D eigenvalue weighted by Gasteiger charge is 2.39. The number of fused-ring (bicyclic) bond motifs is 2. The van der Waals surface area contributed by atoms with E-state index in [0.29, 0.717) is 12.3 Å². The molecule has 0 radical (unpaired) electrons. The van der Waals surface area contributed by atoms with Crippen LogP contribution in [0.2, 0.25) is 0 Å². The summed E-state index contributed by atoms with van der Waals surface area (Å²) < 4.78 is 50.9. The van der Waals surface area contributed by atoms with Gasteiger partial charge in [0.05, 0.1) is 23.9 Å². The molecule has 1 fully saturated rings. The fourth-order valence-electron chi connectivity index (χ4n) is 4.42. The van der Waals surface area contributed by atoms with Gasteiger partial charge in [-0.2, -0.15) is 0 Å². The van der Waals surface area contributed by atoms with Crippen molar-refractivity contribution in [3.05, 3.63) is 48.0 Å². The third kappa shape index (κ3) is 3.70. The monoisotopic (exact) mass is 433 g/mol. The number of hydrogen-bond acceptors (Lipinski definition) is 6. The van der Waals surface area contributed by atoms with Crippen molar-refractivity contribution >= 4 is 16.7 Å². The van der Waals surface area contributed by atoms with E-state index in [1.165, 1.54) is 6.07 Å². The summed E-state index contributed by atoms with van der Waals surface area (Å²) in [5, 5.41) is 10.8. The molecular formula is C21H22F3N5O2. The Morgan fingerprint density at radius 2 is 1.97 bits per heavy atom. The number of nitrogens with zero attached hydrogens (tertiary/aromatic N) is 4. The summed E-state index contributed by atoms with van der Waals surface area (Å²) in [5.41, 5.74) is 1.82. The minimum absolute atomic E-state index is 0.0111. The zero-order valence-electron chi connectivity index (χ0n) is 16.8. The maximum Gasteiger partial charge on any atom is 0.521 e. The number of anilines is 1. The molecule has 0 unspecified atom stereocenters. The number of nitrogens with one attached hydrogen (secondary N) is 1. The number of likely N-dealkylation sites (tertiary alicyclic amines) is 1. The Kier molecular flexibility index (Phi) is 4.98. The second-order valence-corrected chi connectivity index (χ2v) is 7.81. The number of alkyl halides is 3. The molecule has 0 saturated carbocycles. The van der Waals surface area contributed by atoms with Crippen molar-refractivity contribution < 1.29 is 22.6 Å². The van der Waals surface area contributed by atoms with Gasteiger partial charge in [-0.15, -0.1) is 23.4 Å². The number of halogens is 3. The molecule has 31 heavy (non-hydrogen) atoms. The standard InChI is InChI=1S/C21H22F3N5O2/c1-30-13-9-10-28(11-13)17-12-31-18-8-3-2-5-14(18)19(17)25-15-6-4-7-16-20(15)27-29(26-16)21(22,23)24/h2-8,13,17,19,25H,9-12H2,1H3/t13-,17-,19-/m0/s1. The first-order valence-electron chi connectivity index (χ1n) is 10.1. The average Bonchev–Trinajstić information content (AvgIpc) is 3.41. The average molecular weight is 433 g/mol. The van der Waals surface area contributed by atoms with Gasteiger partial charge in [0.1, 0.15) is 23.4 Å². The number of hydrogen-bond donors (Lipinski definition) is 1. The summed E-state index contributed by atoms with van der Waals surface area (Å²) in [7, 11) is 1.71. The number of para-hydroxylation sites is 1. The van der Waals surface area contributed by atoms with E-state index in [-0.39, 0.29) is 34.0 Å². The zero-order valence-corrected chi connectivity index (χ0v) is 16.8. The summed E-state index contributed by atoms with van der Waals surface area (Å²) >= 11 is 0. The van der Waals surface area contributed by atoms with E-state index in [2.05, 4.69) is 20.4 Å². The molecule has 0 amide bonds. The summed E-state index contributed by atoms with van der Waals surface area (Å²) in [6, 6.07) is 12.5. The Balaban J connectivity index is 1.52. The molecule has 2 aliphatic rings. The lowest BCUT2D eigenvalue weighted by atomic mass is 9.94. The molecule has 3 heterocycles. The highest BCUT2D eigenvalue weighted by atomic mass is 19.4. The fourth-order valence-corrected chi connectivity index (χ4v) is 4.42. The van der Waals surface area contributed by atoms with Crippen LogP contribution in [-0.2, 0) is 11.0 Å². The second kappa shape index (κ2) is 7.69. The number of aromatic nitrogens is 3. The van der Waals surface area contributed by atoms with Crippen molar-refractivity contribution in [1.29, 1.82) is 0 Å². The Labute approximate surface area is 176 Å². The van der Waals surface area contributed by atoms with Crippen LogP contribution in [0.5, 0.6) is 5.75 Å². The number of methoxy groups -OCH3 is 1. The van der Waals surface area contributed by atoms with Crippen molar-refractivity contribution in [1.82, 2.24) is 19.9 Å². The first-order valence-corrected chi connectivity index (χ1v) is 10.1. The summed E-state index contributed by atoms with van der Waals surface area (Å²) in [6.45, 7) is 2.11. The van der Waals surface area contributed by atoms with Gasteiger partial charge in [-0.3, -0.25) is 4.90 Å². The molecule has 7 nitrogen and oxygen atoms in total.